The van der Waals surface area contributed by atoms with Crippen molar-refractivity contribution in [3.8, 4) is 5.69 Å². The number of benzene rings is 1. The van der Waals surface area contributed by atoms with E-state index in [0.717, 1.165) is 24.5 Å². The van der Waals surface area contributed by atoms with Gasteiger partial charge in [-0.1, -0.05) is 18.2 Å². The van der Waals surface area contributed by atoms with E-state index >= 15 is 0 Å². The number of para-hydroxylation sites is 1. The van der Waals surface area contributed by atoms with Gasteiger partial charge < -0.3 is 5.32 Å². The minimum atomic E-state index is 0.922. The van der Waals surface area contributed by atoms with Crippen LogP contribution in [0.5, 0.6) is 0 Å². The van der Waals surface area contributed by atoms with Crippen molar-refractivity contribution >= 4 is 0 Å². The summed E-state index contributed by atoms with van der Waals surface area (Å²) in [6.45, 7) is 3.95. The fraction of sp³-hybridized carbons (Fsp3) is 0.250. The van der Waals surface area contributed by atoms with Gasteiger partial charge in [0.25, 0.3) is 0 Å². The molecule has 0 amide bonds. The first-order valence-corrected chi connectivity index (χ1v) is 5.20. The SMILES string of the molecule is Cc1nn(-c2ccccc2)c2c1CNC2. The third-order valence-electron chi connectivity index (χ3n) is 2.89. The average molecular weight is 199 g/mol. The summed E-state index contributed by atoms with van der Waals surface area (Å²) in [5, 5.41) is 7.94. The molecule has 0 saturated carbocycles. The van der Waals surface area contributed by atoms with Crippen LogP contribution >= 0.6 is 0 Å². The number of nitrogens with zero attached hydrogens (tertiary/aromatic N) is 2. The molecule has 0 atom stereocenters. The van der Waals surface area contributed by atoms with Crippen LogP contribution in [0.3, 0.4) is 0 Å². The number of nitrogens with one attached hydrogen (secondary N) is 1. The van der Waals surface area contributed by atoms with Gasteiger partial charge in [-0.05, 0) is 19.1 Å². The van der Waals surface area contributed by atoms with E-state index in [1.165, 1.54) is 11.3 Å². The lowest BCUT2D eigenvalue weighted by atomic mass is 10.2. The molecule has 2 aromatic rings. The van der Waals surface area contributed by atoms with Crippen molar-refractivity contribution in [1.82, 2.24) is 15.1 Å². The lowest BCUT2D eigenvalue weighted by Crippen LogP contribution is -2.07. The monoisotopic (exact) mass is 199 g/mol. The maximum Gasteiger partial charge on any atom is 0.0649 e. The maximum absolute atomic E-state index is 4.58. The predicted octanol–water partition coefficient (Wildman–Crippen LogP) is 1.78. The number of rotatable bonds is 1. The molecule has 76 valence electrons. The van der Waals surface area contributed by atoms with Crippen LogP contribution in [0.15, 0.2) is 30.3 Å². The van der Waals surface area contributed by atoms with Gasteiger partial charge >= 0.3 is 0 Å². The zero-order valence-corrected chi connectivity index (χ0v) is 8.70. The Morgan fingerprint density at radius 2 is 2.00 bits per heavy atom. The molecule has 0 fully saturated rings. The third-order valence-corrected chi connectivity index (χ3v) is 2.89. The van der Waals surface area contributed by atoms with Crippen LogP contribution in [0.25, 0.3) is 5.69 Å². The smallest absolute Gasteiger partial charge is 0.0649 e. The normalized spacial score (nSPS) is 14.2. The summed E-state index contributed by atoms with van der Waals surface area (Å²) in [7, 11) is 0. The Morgan fingerprint density at radius 3 is 2.80 bits per heavy atom. The van der Waals surface area contributed by atoms with Crippen molar-refractivity contribution in [3.63, 3.8) is 0 Å². The van der Waals surface area contributed by atoms with E-state index in [0.29, 0.717) is 0 Å². The van der Waals surface area contributed by atoms with Gasteiger partial charge in [0.2, 0.25) is 0 Å². The molecule has 15 heavy (non-hydrogen) atoms. The van der Waals surface area contributed by atoms with E-state index in [2.05, 4.69) is 29.5 Å². The molecule has 0 aliphatic carbocycles. The molecule has 1 aliphatic heterocycles. The van der Waals surface area contributed by atoms with Crippen molar-refractivity contribution in [1.29, 1.82) is 0 Å². The van der Waals surface area contributed by atoms with Gasteiger partial charge in [-0.3, -0.25) is 0 Å². The van der Waals surface area contributed by atoms with E-state index in [4.69, 9.17) is 0 Å². The lowest BCUT2D eigenvalue weighted by Gasteiger charge is -2.04. The molecule has 0 unspecified atom stereocenters. The van der Waals surface area contributed by atoms with Crippen LogP contribution < -0.4 is 5.32 Å². The molecular weight excluding hydrogens is 186 g/mol. The summed E-state index contributed by atoms with van der Waals surface area (Å²) in [4.78, 5) is 0. The van der Waals surface area contributed by atoms with Gasteiger partial charge in [-0.15, -0.1) is 0 Å². The molecule has 1 aromatic heterocycles. The van der Waals surface area contributed by atoms with Crippen molar-refractivity contribution in [2.24, 2.45) is 0 Å². The molecule has 1 aliphatic rings. The number of aryl methyl sites for hydroxylation is 1. The summed E-state index contributed by atoms with van der Waals surface area (Å²) in [6.07, 6.45) is 0. The lowest BCUT2D eigenvalue weighted by molar-refractivity contribution is 0.704. The zero-order valence-electron chi connectivity index (χ0n) is 8.70. The molecule has 3 heteroatoms. The third kappa shape index (κ3) is 1.27. The van der Waals surface area contributed by atoms with Gasteiger partial charge in [-0.2, -0.15) is 5.10 Å². The number of hydrogen-bond acceptors (Lipinski definition) is 2. The van der Waals surface area contributed by atoms with Gasteiger partial charge in [-0.25, -0.2) is 4.68 Å². The first-order chi connectivity index (χ1) is 7.36. The summed E-state index contributed by atoms with van der Waals surface area (Å²) >= 11 is 0. The van der Waals surface area contributed by atoms with Crippen molar-refractivity contribution in [2.45, 2.75) is 20.0 Å². The Morgan fingerprint density at radius 1 is 1.20 bits per heavy atom. The highest BCUT2D eigenvalue weighted by atomic mass is 15.3. The Hall–Kier alpha value is -1.61. The number of aromatic nitrogens is 2. The minimum absolute atomic E-state index is 0.922. The van der Waals surface area contributed by atoms with Gasteiger partial charge in [0, 0.05) is 18.7 Å². The molecule has 0 spiro atoms. The van der Waals surface area contributed by atoms with Crippen molar-refractivity contribution in [2.75, 3.05) is 0 Å². The summed E-state index contributed by atoms with van der Waals surface area (Å²) < 4.78 is 2.05. The largest absolute Gasteiger partial charge is 0.307 e. The van der Waals surface area contributed by atoms with Crippen LogP contribution in [0.1, 0.15) is 17.0 Å². The highest BCUT2D eigenvalue weighted by Crippen LogP contribution is 2.22. The van der Waals surface area contributed by atoms with Crippen molar-refractivity contribution in [3.05, 3.63) is 47.3 Å². The molecular formula is C12H13N3. The summed E-state index contributed by atoms with van der Waals surface area (Å²) in [5.41, 5.74) is 4.95. The van der Waals surface area contributed by atoms with E-state index < -0.39 is 0 Å². The highest BCUT2D eigenvalue weighted by Gasteiger charge is 2.19. The van der Waals surface area contributed by atoms with Gasteiger partial charge in [0.1, 0.15) is 0 Å². The van der Waals surface area contributed by atoms with Crippen LogP contribution in [0, 0.1) is 6.92 Å². The summed E-state index contributed by atoms with van der Waals surface area (Å²) in [6, 6.07) is 10.3. The first-order valence-electron chi connectivity index (χ1n) is 5.20. The van der Waals surface area contributed by atoms with E-state index in [1.807, 2.05) is 22.9 Å². The fourth-order valence-corrected chi connectivity index (χ4v) is 2.11. The molecule has 0 radical (unpaired) electrons. The van der Waals surface area contributed by atoms with Gasteiger partial charge in [0.05, 0.1) is 17.1 Å². The highest BCUT2D eigenvalue weighted by molar-refractivity contribution is 5.38. The van der Waals surface area contributed by atoms with Crippen LogP contribution in [0.4, 0.5) is 0 Å². The number of hydrogen-bond donors (Lipinski definition) is 1. The Bertz CT molecular complexity index is 485. The second-order valence-corrected chi connectivity index (χ2v) is 3.86. The fourth-order valence-electron chi connectivity index (χ4n) is 2.11. The minimum Gasteiger partial charge on any atom is -0.307 e. The molecule has 2 heterocycles. The Balaban J connectivity index is 2.18. The quantitative estimate of drug-likeness (QED) is 0.758. The Labute approximate surface area is 88.7 Å². The van der Waals surface area contributed by atoms with Crippen LogP contribution in [-0.4, -0.2) is 9.78 Å². The second-order valence-electron chi connectivity index (χ2n) is 3.86. The Kier molecular flexibility index (Phi) is 1.86. The maximum atomic E-state index is 4.58. The van der Waals surface area contributed by atoms with Crippen LogP contribution in [0.2, 0.25) is 0 Å². The van der Waals surface area contributed by atoms with E-state index in [1.54, 1.807) is 0 Å². The van der Waals surface area contributed by atoms with E-state index in [9.17, 15) is 0 Å². The van der Waals surface area contributed by atoms with E-state index in [-0.39, 0.29) is 0 Å². The van der Waals surface area contributed by atoms with Crippen molar-refractivity contribution < 1.29 is 0 Å². The number of fused-ring (bicyclic) bond motifs is 1. The first kappa shape index (κ1) is 8.68. The predicted molar refractivity (Wildman–Crippen MR) is 58.8 cm³/mol. The molecule has 1 N–H and O–H groups in total. The molecule has 1 aromatic carbocycles. The molecule has 3 rings (SSSR count). The zero-order chi connectivity index (χ0) is 10.3. The molecule has 0 bridgehead atoms. The topological polar surface area (TPSA) is 29.9 Å². The molecule has 0 saturated heterocycles. The standard InChI is InChI=1S/C12H13N3/c1-9-11-7-13-8-12(11)15(14-9)10-5-3-2-4-6-10/h2-6,13H,7-8H2,1H3. The van der Waals surface area contributed by atoms with Gasteiger partial charge in [0.15, 0.2) is 0 Å². The molecule has 3 nitrogen and oxygen atoms in total. The second kappa shape index (κ2) is 3.21. The van der Waals surface area contributed by atoms with Crippen LogP contribution in [-0.2, 0) is 13.1 Å². The average Bonchev–Trinajstić information content (AvgIpc) is 2.84. The summed E-state index contributed by atoms with van der Waals surface area (Å²) in [5.74, 6) is 0.